The Kier molecular flexibility index (Phi) is 4.37. The van der Waals surface area contributed by atoms with Crippen LogP contribution < -0.4 is 10.1 Å². The minimum Gasteiger partial charge on any atom is -0.496 e. The van der Waals surface area contributed by atoms with Gasteiger partial charge in [-0.25, -0.2) is 4.39 Å². The van der Waals surface area contributed by atoms with Crippen molar-refractivity contribution in [2.24, 2.45) is 0 Å². The van der Waals surface area contributed by atoms with Gasteiger partial charge in [0.25, 0.3) is 5.91 Å². The summed E-state index contributed by atoms with van der Waals surface area (Å²) in [6.07, 6.45) is 0.899. The van der Waals surface area contributed by atoms with Crippen LogP contribution in [-0.2, 0) is 0 Å². The number of nitrogens with zero attached hydrogens (tertiary/aromatic N) is 1. The van der Waals surface area contributed by atoms with Gasteiger partial charge in [-0.2, -0.15) is 0 Å². The summed E-state index contributed by atoms with van der Waals surface area (Å²) in [6, 6.07) is 4.46. The van der Waals surface area contributed by atoms with Crippen LogP contribution in [0.1, 0.15) is 23.7 Å². The third-order valence-electron chi connectivity index (χ3n) is 3.48. The van der Waals surface area contributed by atoms with E-state index in [0.717, 1.165) is 26.1 Å². The van der Waals surface area contributed by atoms with Gasteiger partial charge in [0.15, 0.2) is 0 Å². The van der Waals surface area contributed by atoms with E-state index in [-0.39, 0.29) is 17.4 Å². The van der Waals surface area contributed by atoms with Crippen molar-refractivity contribution in [2.75, 3.05) is 26.7 Å². The second-order valence-electron chi connectivity index (χ2n) is 4.67. The van der Waals surface area contributed by atoms with E-state index in [1.54, 1.807) is 6.07 Å². The second kappa shape index (κ2) is 6.02. The average Bonchev–Trinajstić information content (AvgIpc) is 2.85. The molecule has 1 N–H and O–H groups in total. The van der Waals surface area contributed by atoms with E-state index >= 15 is 0 Å². The molecule has 104 valence electrons. The molecule has 1 fully saturated rings. The van der Waals surface area contributed by atoms with Crippen molar-refractivity contribution < 1.29 is 13.9 Å². The first-order valence-corrected chi connectivity index (χ1v) is 6.51. The molecule has 1 amide bonds. The number of ether oxygens (including phenoxy) is 1. The Morgan fingerprint density at radius 2 is 2.37 bits per heavy atom. The predicted molar refractivity (Wildman–Crippen MR) is 70.9 cm³/mol. The van der Waals surface area contributed by atoms with Crippen molar-refractivity contribution in [3.05, 3.63) is 29.6 Å². The van der Waals surface area contributed by atoms with E-state index in [1.165, 1.54) is 19.2 Å². The van der Waals surface area contributed by atoms with Gasteiger partial charge in [-0.05, 0) is 25.1 Å². The summed E-state index contributed by atoms with van der Waals surface area (Å²) in [4.78, 5) is 14.4. The molecule has 1 aliphatic heterocycles. The number of carbonyl (C=O) groups excluding carboxylic acids is 1. The van der Waals surface area contributed by atoms with Crippen LogP contribution >= 0.6 is 0 Å². The summed E-state index contributed by atoms with van der Waals surface area (Å²) < 4.78 is 18.8. The number of likely N-dealkylation sites (tertiary alicyclic amines) is 1. The van der Waals surface area contributed by atoms with Crippen molar-refractivity contribution in [1.29, 1.82) is 0 Å². The molecular weight excluding hydrogens is 247 g/mol. The number of rotatable bonds is 4. The predicted octanol–water partition coefficient (Wildman–Crippen LogP) is 1.66. The molecule has 19 heavy (non-hydrogen) atoms. The van der Waals surface area contributed by atoms with Gasteiger partial charge in [-0.15, -0.1) is 0 Å². The number of methoxy groups -OCH3 is 1. The molecule has 1 atom stereocenters. The van der Waals surface area contributed by atoms with E-state index in [9.17, 15) is 9.18 Å². The fraction of sp³-hybridized carbons (Fsp3) is 0.500. The summed E-state index contributed by atoms with van der Waals surface area (Å²) in [7, 11) is 1.43. The fourth-order valence-electron chi connectivity index (χ4n) is 2.39. The zero-order chi connectivity index (χ0) is 13.8. The number of amides is 1. The summed E-state index contributed by atoms with van der Waals surface area (Å²) >= 11 is 0. The van der Waals surface area contributed by atoms with Crippen molar-refractivity contribution in [1.82, 2.24) is 10.2 Å². The van der Waals surface area contributed by atoms with Gasteiger partial charge in [0.05, 0.1) is 7.11 Å². The first-order valence-electron chi connectivity index (χ1n) is 6.51. The number of hydrogen-bond donors (Lipinski definition) is 1. The van der Waals surface area contributed by atoms with Gasteiger partial charge >= 0.3 is 0 Å². The maximum Gasteiger partial charge on any atom is 0.258 e. The van der Waals surface area contributed by atoms with Crippen LogP contribution in [0.5, 0.6) is 5.75 Å². The molecule has 0 unspecified atom stereocenters. The van der Waals surface area contributed by atoms with Crippen LogP contribution in [0.2, 0.25) is 0 Å². The third-order valence-corrected chi connectivity index (χ3v) is 3.48. The highest BCUT2D eigenvalue weighted by Gasteiger charge is 2.25. The molecule has 1 aromatic rings. The van der Waals surface area contributed by atoms with Crippen molar-refractivity contribution >= 4 is 5.91 Å². The van der Waals surface area contributed by atoms with Gasteiger partial charge < -0.3 is 15.0 Å². The molecular formula is C14H19FN2O2. The van der Waals surface area contributed by atoms with Crippen molar-refractivity contribution in [2.45, 2.75) is 19.4 Å². The number of halogens is 1. The van der Waals surface area contributed by atoms with Crippen LogP contribution in [-0.4, -0.2) is 43.6 Å². The first kappa shape index (κ1) is 13.8. The van der Waals surface area contributed by atoms with Gasteiger partial charge in [0.2, 0.25) is 0 Å². The van der Waals surface area contributed by atoms with E-state index in [0.29, 0.717) is 0 Å². The summed E-state index contributed by atoms with van der Waals surface area (Å²) in [5, 5.41) is 2.87. The Morgan fingerprint density at radius 1 is 1.58 bits per heavy atom. The zero-order valence-electron chi connectivity index (χ0n) is 11.3. The molecule has 4 nitrogen and oxygen atoms in total. The normalized spacial score (nSPS) is 19.4. The highest BCUT2D eigenvalue weighted by atomic mass is 19.1. The van der Waals surface area contributed by atoms with Gasteiger partial charge in [0.1, 0.15) is 17.1 Å². The zero-order valence-corrected chi connectivity index (χ0v) is 11.3. The molecule has 2 rings (SSSR count). The topological polar surface area (TPSA) is 41.6 Å². The fourth-order valence-corrected chi connectivity index (χ4v) is 2.39. The highest BCUT2D eigenvalue weighted by molar-refractivity contribution is 5.97. The summed E-state index contributed by atoms with van der Waals surface area (Å²) in [6.45, 7) is 4.84. The number of nitrogens with one attached hydrogen (secondary N) is 1. The molecule has 1 aromatic carbocycles. The van der Waals surface area contributed by atoms with Crippen LogP contribution in [0.15, 0.2) is 18.2 Å². The molecule has 0 aliphatic carbocycles. The van der Waals surface area contributed by atoms with Crippen LogP contribution in [0.3, 0.4) is 0 Å². The number of hydrogen-bond acceptors (Lipinski definition) is 3. The van der Waals surface area contributed by atoms with Crippen LogP contribution in [0.25, 0.3) is 0 Å². The molecule has 1 saturated heterocycles. The Hall–Kier alpha value is -1.62. The SMILES string of the molecule is CCN1CC[C@H](NC(=O)c2c(F)cccc2OC)C1. The molecule has 0 bridgehead atoms. The molecule has 1 aliphatic rings. The Bertz CT molecular complexity index is 465. The highest BCUT2D eigenvalue weighted by Crippen LogP contribution is 2.21. The summed E-state index contributed by atoms with van der Waals surface area (Å²) in [5.41, 5.74) is -0.0139. The molecule has 0 spiro atoms. The lowest BCUT2D eigenvalue weighted by Gasteiger charge is -2.16. The lowest BCUT2D eigenvalue weighted by molar-refractivity contribution is 0.0930. The Morgan fingerprint density at radius 3 is 3.00 bits per heavy atom. The number of likely N-dealkylation sites (N-methyl/N-ethyl adjacent to an activating group) is 1. The minimum absolute atomic E-state index is 0.0139. The maximum atomic E-state index is 13.8. The monoisotopic (exact) mass is 266 g/mol. The van der Waals surface area contributed by atoms with E-state index in [1.807, 2.05) is 0 Å². The van der Waals surface area contributed by atoms with Crippen molar-refractivity contribution in [3.63, 3.8) is 0 Å². The maximum absolute atomic E-state index is 13.8. The van der Waals surface area contributed by atoms with Gasteiger partial charge in [0, 0.05) is 19.1 Å². The molecule has 0 radical (unpaired) electrons. The minimum atomic E-state index is -0.554. The van der Waals surface area contributed by atoms with E-state index in [2.05, 4.69) is 17.1 Å². The average molecular weight is 266 g/mol. The number of carbonyl (C=O) groups is 1. The quantitative estimate of drug-likeness (QED) is 0.901. The lowest BCUT2D eigenvalue weighted by Crippen LogP contribution is -2.37. The van der Waals surface area contributed by atoms with Crippen LogP contribution in [0.4, 0.5) is 4.39 Å². The van der Waals surface area contributed by atoms with Crippen LogP contribution in [0, 0.1) is 5.82 Å². The molecule has 0 aromatic heterocycles. The first-order chi connectivity index (χ1) is 9.15. The second-order valence-corrected chi connectivity index (χ2v) is 4.67. The smallest absolute Gasteiger partial charge is 0.258 e. The molecule has 0 saturated carbocycles. The van der Waals surface area contributed by atoms with Gasteiger partial charge in [-0.1, -0.05) is 13.0 Å². The van der Waals surface area contributed by atoms with Crippen molar-refractivity contribution in [3.8, 4) is 5.75 Å². The molecule has 5 heteroatoms. The third kappa shape index (κ3) is 3.04. The van der Waals surface area contributed by atoms with E-state index < -0.39 is 11.7 Å². The lowest BCUT2D eigenvalue weighted by atomic mass is 10.1. The summed E-state index contributed by atoms with van der Waals surface area (Å²) in [5.74, 6) is -0.692. The number of benzene rings is 1. The Balaban J connectivity index is 2.08. The standard InChI is InChI=1S/C14H19FN2O2/c1-3-17-8-7-10(9-17)16-14(18)13-11(15)5-4-6-12(13)19-2/h4-6,10H,3,7-9H2,1-2H3,(H,16,18)/t10-/m0/s1. The molecule has 1 heterocycles. The Labute approximate surface area is 112 Å². The van der Waals surface area contributed by atoms with E-state index in [4.69, 9.17) is 4.74 Å². The van der Waals surface area contributed by atoms with Gasteiger partial charge in [-0.3, -0.25) is 4.79 Å². The largest absolute Gasteiger partial charge is 0.496 e.